The summed E-state index contributed by atoms with van der Waals surface area (Å²) >= 11 is 0. The van der Waals surface area contributed by atoms with Crippen molar-refractivity contribution in [2.24, 2.45) is 5.73 Å². The minimum atomic E-state index is -0.684. The van der Waals surface area contributed by atoms with Crippen molar-refractivity contribution in [1.29, 1.82) is 0 Å². The van der Waals surface area contributed by atoms with Crippen LogP contribution >= 0.6 is 0 Å². The Morgan fingerprint density at radius 1 is 1.14 bits per heavy atom. The van der Waals surface area contributed by atoms with Crippen LogP contribution in [0.5, 0.6) is 5.75 Å². The Bertz CT molecular complexity index is 794. The molecular weight excluding hydrogens is 352 g/mol. The number of nitrogens with two attached hydrogens (primary N) is 1. The molecule has 0 aliphatic carbocycles. The third-order valence-corrected chi connectivity index (χ3v) is 5.42. The number of likely N-dealkylation sites (tertiary alicyclic amines) is 1. The van der Waals surface area contributed by atoms with Crippen molar-refractivity contribution in [3.8, 4) is 5.75 Å². The van der Waals surface area contributed by atoms with Crippen LogP contribution in [0.25, 0.3) is 0 Å². The van der Waals surface area contributed by atoms with Crippen LogP contribution in [0.15, 0.2) is 48.5 Å². The molecule has 0 aromatic heterocycles. The van der Waals surface area contributed by atoms with Crippen molar-refractivity contribution in [2.75, 3.05) is 20.2 Å². The van der Waals surface area contributed by atoms with E-state index in [0.29, 0.717) is 25.1 Å². The Hall–Kier alpha value is -2.37. The van der Waals surface area contributed by atoms with Crippen molar-refractivity contribution < 1.29 is 14.6 Å². The highest BCUT2D eigenvalue weighted by Crippen LogP contribution is 2.29. The summed E-state index contributed by atoms with van der Waals surface area (Å²) in [5.74, 6) is 0.953. The maximum Gasteiger partial charge on any atom is 0.253 e. The Labute approximate surface area is 167 Å². The number of carbonyl (C=O) groups is 1. The van der Waals surface area contributed by atoms with E-state index in [9.17, 15) is 9.90 Å². The van der Waals surface area contributed by atoms with E-state index in [1.807, 2.05) is 53.4 Å². The second-order valence-electron chi connectivity index (χ2n) is 8.26. The molecule has 28 heavy (non-hydrogen) atoms. The van der Waals surface area contributed by atoms with Crippen LogP contribution in [-0.4, -0.2) is 47.8 Å². The van der Waals surface area contributed by atoms with E-state index >= 15 is 0 Å². The number of ether oxygens (including phenoxy) is 1. The zero-order valence-electron chi connectivity index (χ0n) is 16.9. The molecule has 0 unspecified atom stereocenters. The van der Waals surface area contributed by atoms with Crippen molar-refractivity contribution in [2.45, 2.75) is 44.2 Å². The molecule has 0 bridgehead atoms. The smallest absolute Gasteiger partial charge is 0.253 e. The number of hydrogen-bond donors (Lipinski definition) is 2. The van der Waals surface area contributed by atoms with Crippen molar-refractivity contribution >= 4 is 5.91 Å². The minimum absolute atomic E-state index is 0.0144. The standard InChI is InChI=1S/C23H30N2O3/c1-23(2,27)13-12-16-4-6-18(7-5-16)22(26)25-14-20(21(24)15-25)17-8-10-19(28-3)11-9-17/h4-11,20-21,27H,12-15,24H2,1-3H3/t20-,21+/m1/s1. The Morgan fingerprint density at radius 2 is 1.79 bits per heavy atom. The quantitative estimate of drug-likeness (QED) is 0.805. The number of nitrogens with zero attached hydrogens (tertiary/aromatic N) is 1. The van der Waals surface area contributed by atoms with Gasteiger partial charge in [-0.1, -0.05) is 24.3 Å². The fraction of sp³-hybridized carbons (Fsp3) is 0.435. The number of benzene rings is 2. The van der Waals surface area contributed by atoms with E-state index < -0.39 is 5.60 Å². The molecule has 1 amide bonds. The average molecular weight is 383 g/mol. The molecule has 1 aliphatic rings. The van der Waals surface area contributed by atoms with Gasteiger partial charge >= 0.3 is 0 Å². The number of aliphatic hydroxyl groups is 1. The molecule has 0 saturated carbocycles. The van der Waals surface area contributed by atoms with E-state index in [4.69, 9.17) is 10.5 Å². The lowest BCUT2D eigenvalue weighted by molar-refractivity contribution is 0.0713. The number of carbonyl (C=O) groups excluding carboxylic acids is 1. The number of aryl methyl sites for hydroxylation is 1. The lowest BCUT2D eigenvalue weighted by atomic mass is 9.95. The molecule has 2 atom stereocenters. The van der Waals surface area contributed by atoms with E-state index in [2.05, 4.69) is 0 Å². The highest BCUT2D eigenvalue weighted by atomic mass is 16.5. The lowest BCUT2D eigenvalue weighted by Gasteiger charge is -2.18. The SMILES string of the molecule is COc1ccc([C@H]2CN(C(=O)c3ccc(CCC(C)(C)O)cc3)C[C@@H]2N)cc1. The summed E-state index contributed by atoms with van der Waals surface area (Å²) in [6.45, 7) is 4.78. The number of amides is 1. The fourth-order valence-electron chi connectivity index (χ4n) is 3.65. The molecular formula is C23H30N2O3. The van der Waals surface area contributed by atoms with E-state index in [1.165, 1.54) is 0 Å². The molecule has 3 rings (SSSR count). The minimum Gasteiger partial charge on any atom is -0.497 e. The van der Waals surface area contributed by atoms with Gasteiger partial charge in [-0.25, -0.2) is 0 Å². The molecule has 2 aromatic rings. The number of hydrogen-bond acceptors (Lipinski definition) is 4. The van der Waals surface area contributed by atoms with Crippen LogP contribution < -0.4 is 10.5 Å². The zero-order valence-corrected chi connectivity index (χ0v) is 16.9. The topological polar surface area (TPSA) is 75.8 Å². The first-order chi connectivity index (χ1) is 13.3. The number of rotatable bonds is 6. The first-order valence-corrected chi connectivity index (χ1v) is 9.77. The van der Waals surface area contributed by atoms with Gasteiger partial charge in [-0.15, -0.1) is 0 Å². The molecule has 150 valence electrons. The molecule has 1 aliphatic heterocycles. The van der Waals surface area contributed by atoms with Gasteiger partial charge in [-0.3, -0.25) is 4.79 Å². The van der Waals surface area contributed by atoms with Gasteiger partial charge in [0.1, 0.15) is 5.75 Å². The van der Waals surface area contributed by atoms with E-state index in [-0.39, 0.29) is 17.9 Å². The Balaban J connectivity index is 1.64. The zero-order chi connectivity index (χ0) is 20.3. The maximum absolute atomic E-state index is 12.9. The summed E-state index contributed by atoms with van der Waals surface area (Å²) in [7, 11) is 1.65. The largest absolute Gasteiger partial charge is 0.497 e. The summed E-state index contributed by atoms with van der Waals surface area (Å²) in [6.07, 6.45) is 1.47. The molecule has 2 aromatic carbocycles. The molecule has 1 saturated heterocycles. The normalized spacial score (nSPS) is 19.7. The third kappa shape index (κ3) is 4.91. The third-order valence-electron chi connectivity index (χ3n) is 5.42. The van der Waals surface area contributed by atoms with Crippen LogP contribution in [-0.2, 0) is 6.42 Å². The van der Waals surface area contributed by atoms with Gasteiger partial charge in [0.25, 0.3) is 5.91 Å². The van der Waals surface area contributed by atoms with Crippen molar-refractivity contribution in [1.82, 2.24) is 4.90 Å². The Morgan fingerprint density at radius 3 is 2.36 bits per heavy atom. The van der Waals surface area contributed by atoms with E-state index in [1.54, 1.807) is 21.0 Å². The van der Waals surface area contributed by atoms with Gasteiger partial charge in [0.05, 0.1) is 12.7 Å². The van der Waals surface area contributed by atoms with Crippen LogP contribution in [0.3, 0.4) is 0 Å². The van der Waals surface area contributed by atoms with Crippen molar-refractivity contribution in [3.05, 3.63) is 65.2 Å². The first kappa shape index (κ1) is 20.4. The first-order valence-electron chi connectivity index (χ1n) is 9.77. The molecule has 5 heteroatoms. The average Bonchev–Trinajstić information content (AvgIpc) is 3.07. The highest BCUT2D eigenvalue weighted by molar-refractivity contribution is 5.94. The predicted molar refractivity (Wildman–Crippen MR) is 111 cm³/mol. The van der Waals surface area contributed by atoms with Gasteiger partial charge in [0.15, 0.2) is 0 Å². The second kappa shape index (κ2) is 8.33. The van der Waals surface area contributed by atoms with Gasteiger partial charge in [0, 0.05) is 30.6 Å². The molecule has 1 fully saturated rings. The summed E-state index contributed by atoms with van der Waals surface area (Å²) in [5, 5.41) is 9.86. The molecule has 5 nitrogen and oxygen atoms in total. The van der Waals surface area contributed by atoms with Crippen LogP contribution in [0.2, 0.25) is 0 Å². The fourth-order valence-corrected chi connectivity index (χ4v) is 3.65. The van der Waals surface area contributed by atoms with Crippen LogP contribution in [0.4, 0.5) is 0 Å². The maximum atomic E-state index is 12.9. The monoisotopic (exact) mass is 382 g/mol. The predicted octanol–water partition coefficient (Wildman–Crippen LogP) is 2.97. The van der Waals surface area contributed by atoms with Crippen molar-refractivity contribution in [3.63, 3.8) is 0 Å². The summed E-state index contributed by atoms with van der Waals surface area (Å²) in [4.78, 5) is 14.7. The Kier molecular flexibility index (Phi) is 6.06. The molecule has 1 heterocycles. The molecule has 0 radical (unpaired) electrons. The van der Waals surface area contributed by atoms with Crippen LogP contribution in [0, 0.1) is 0 Å². The van der Waals surface area contributed by atoms with Gasteiger partial charge < -0.3 is 20.5 Å². The van der Waals surface area contributed by atoms with Gasteiger partial charge in [0.2, 0.25) is 0 Å². The highest BCUT2D eigenvalue weighted by Gasteiger charge is 2.34. The summed E-state index contributed by atoms with van der Waals surface area (Å²) in [5.41, 5.74) is 8.58. The van der Waals surface area contributed by atoms with Gasteiger partial charge in [-0.05, 0) is 62.1 Å². The summed E-state index contributed by atoms with van der Waals surface area (Å²) < 4.78 is 5.21. The number of methoxy groups -OCH3 is 1. The molecule has 0 spiro atoms. The second-order valence-corrected chi connectivity index (χ2v) is 8.26. The molecule has 3 N–H and O–H groups in total. The van der Waals surface area contributed by atoms with Crippen LogP contribution in [0.1, 0.15) is 47.7 Å². The summed E-state index contributed by atoms with van der Waals surface area (Å²) in [6, 6.07) is 15.5. The van der Waals surface area contributed by atoms with Gasteiger partial charge in [-0.2, -0.15) is 0 Å². The van der Waals surface area contributed by atoms with E-state index in [0.717, 1.165) is 23.3 Å². The lowest BCUT2D eigenvalue weighted by Crippen LogP contribution is -2.32.